The topological polar surface area (TPSA) is 42.0 Å². The molecule has 0 unspecified atom stereocenters. The van der Waals surface area contributed by atoms with Crippen molar-refractivity contribution in [2.24, 2.45) is 0 Å². The van der Waals surface area contributed by atoms with E-state index in [4.69, 9.17) is 11.6 Å². The molecule has 1 aliphatic heterocycles. The number of rotatable bonds is 1. The molecule has 2 heterocycles. The molecule has 3 nitrogen and oxygen atoms in total. The minimum absolute atomic E-state index is 0.00757. The first-order valence-electron chi connectivity index (χ1n) is 4.19. The van der Waals surface area contributed by atoms with Crippen LogP contribution in [0.15, 0.2) is 6.07 Å². The van der Waals surface area contributed by atoms with Crippen molar-refractivity contribution < 1.29 is 4.79 Å². The van der Waals surface area contributed by atoms with Gasteiger partial charge in [-0.25, -0.2) is 4.98 Å². The lowest BCUT2D eigenvalue weighted by atomic mass is 10.2. The van der Waals surface area contributed by atoms with Crippen LogP contribution < -0.4 is 5.32 Å². The Balaban J connectivity index is 2.50. The zero-order valence-corrected chi connectivity index (χ0v) is 7.98. The number of fused-ring (bicyclic) bond motifs is 1. The highest BCUT2D eigenvalue weighted by molar-refractivity contribution is 6.30. The Hall–Kier alpha value is -1.09. The molecular weight excluding hydrogens is 188 g/mol. The highest BCUT2D eigenvalue weighted by Gasteiger charge is 2.20. The van der Waals surface area contributed by atoms with E-state index < -0.39 is 0 Å². The van der Waals surface area contributed by atoms with Gasteiger partial charge < -0.3 is 5.32 Å². The van der Waals surface area contributed by atoms with Gasteiger partial charge in [0.1, 0.15) is 5.15 Å². The Kier molecular flexibility index (Phi) is 1.96. The molecule has 13 heavy (non-hydrogen) atoms. The fourth-order valence-corrected chi connectivity index (χ4v) is 1.70. The summed E-state index contributed by atoms with van der Waals surface area (Å²) in [6.45, 7) is 2.01. The summed E-state index contributed by atoms with van der Waals surface area (Å²) in [4.78, 5) is 15.2. The maximum absolute atomic E-state index is 11.0. The van der Waals surface area contributed by atoms with E-state index in [1.807, 2.05) is 13.0 Å². The van der Waals surface area contributed by atoms with Crippen LogP contribution in [0.4, 0.5) is 5.69 Å². The number of nitrogens with one attached hydrogen (secondary N) is 1. The molecule has 0 bridgehead atoms. The number of hydrogen-bond donors (Lipinski definition) is 1. The van der Waals surface area contributed by atoms with Crippen molar-refractivity contribution in [2.45, 2.75) is 19.8 Å². The predicted molar refractivity (Wildman–Crippen MR) is 51.0 cm³/mol. The first-order valence-corrected chi connectivity index (χ1v) is 4.56. The van der Waals surface area contributed by atoms with E-state index in [0.717, 1.165) is 23.4 Å². The number of pyridine rings is 1. The summed E-state index contributed by atoms with van der Waals surface area (Å²) in [6, 6.07) is 1.90. The maximum atomic E-state index is 11.0. The summed E-state index contributed by atoms with van der Waals surface area (Å²) in [5, 5.41) is 3.25. The third kappa shape index (κ3) is 1.40. The number of amides is 1. The molecule has 1 aromatic heterocycles. The molecule has 4 heteroatoms. The van der Waals surface area contributed by atoms with E-state index in [-0.39, 0.29) is 5.91 Å². The molecule has 0 fully saturated rings. The summed E-state index contributed by atoms with van der Waals surface area (Å²) in [7, 11) is 0. The SMILES string of the molecule is CCc1cc2c(nc1Cl)CC(=O)N2. The molecule has 1 N–H and O–H groups in total. The molecule has 1 aliphatic rings. The molecule has 1 amide bonds. The predicted octanol–water partition coefficient (Wildman–Crippen LogP) is 1.79. The number of aryl methyl sites for hydroxylation is 1. The smallest absolute Gasteiger partial charge is 0.230 e. The number of hydrogen-bond acceptors (Lipinski definition) is 2. The van der Waals surface area contributed by atoms with Gasteiger partial charge in [-0.3, -0.25) is 4.79 Å². The maximum Gasteiger partial charge on any atom is 0.230 e. The monoisotopic (exact) mass is 196 g/mol. The minimum Gasteiger partial charge on any atom is -0.324 e. The van der Waals surface area contributed by atoms with Crippen molar-refractivity contribution in [1.82, 2.24) is 4.98 Å². The van der Waals surface area contributed by atoms with Crippen molar-refractivity contribution in [2.75, 3.05) is 5.32 Å². The fraction of sp³-hybridized carbons (Fsp3) is 0.333. The minimum atomic E-state index is -0.00757. The highest BCUT2D eigenvalue weighted by atomic mass is 35.5. The second kappa shape index (κ2) is 3.00. The van der Waals surface area contributed by atoms with Gasteiger partial charge in [0.25, 0.3) is 0 Å². The van der Waals surface area contributed by atoms with Gasteiger partial charge >= 0.3 is 0 Å². The van der Waals surface area contributed by atoms with E-state index in [1.54, 1.807) is 0 Å². The first-order chi connectivity index (χ1) is 6.20. The Labute approximate surface area is 81.1 Å². The lowest BCUT2D eigenvalue weighted by Crippen LogP contribution is -2.03. The van der Waals surface area contributed by atoms with Crippen LogP contribution in [0.1, 0.15) is 18.2 Å². The molecule has 0 aliphatic carbocycles. The summed E-state index contributed by atoms with van der Waals surface area (Å²) in [5.74, 6) is -0.00757. The van der Waals surface area contributed by atoms with Crippen molar-refractivity contribution in [1.29, 1.82) is 0 Å². The normalized spacial score (nSPS) is 14.2. The average Bonchev–Trinajstić information content (AvgIpc) is 2.42. The van der Waals surface area contributed by atoms with Gasteiger partial charge in [-0.2, -0.15) is 0 Å². The summed E-state index contributed by atoms with van der Waals surface area (Å²) < 4.78 is 0. The van der Waals surface area contributed by atoms with Crippen LogP contribution in [0.3, 0.4) is 0 Å². The van der Waals surface area contributed by atoms with Crippen LogP contribution in [-0.4, -0.2) is 10.9 Å². The van der Waals surface area contributed by atoms with Gasteiger partial charge in [0.15, 0.2) is 0 Å². The second-order valence-corrected chi connectivity index (χ2v) is 3.37. The number of anilines is 1. The second-order valence-electron chi connectivity index (χ2n) is 3.01. The molecule has 0 saturated heterocycles. The molecule has 1 aromatic rings. The van der Waals surface area contributed by atoms with Crippen molar-refractivity contribution in [3.05, 3.63) is 22.5 Å². The first kappa shape index (κ1) is 8.51. The summed E-state index contributed by atoms with van der Waals surface area (Å²) >= 11 is 5.91. The van der Waals surface area contributed by atoms with E-state index >= 15 is 0 Å². The van der Waals surface area contributed by atoms with Gasteiger partial charge in [-0.05, 0) is 18.1 Å². The van der Waals surface area contributed by atoms with Crippen molar-refractivity contribution in [3.8, 4) is 0 Å². The van der Waals surface area contributed by atoms with E-state index in [2.05, 4.69) is 10.3 Å². The van der Waals surface area contributed by atoms with Gasteiger partial charge in [-0.1, -0.05) is 18.5 Å². The van der Waals surface area contributed by atoms with E-state index in [9.17, 15) is 4.79 Å². The molecule has 0 saturated carbocycles. The fourth-order valence-electron chi connectivity index (χ4n) is 1.41. The molecule has 68 valence electrons. The van der Waals surface area contributed by atoms with Gasteiger partial charge in [0, 0.05) is 0 Å². The summed E-state index contributed by atoms with van der Waals surface area (Å²) in [6.07, 6.45) is 1.17. The lowest BCUT2D eigenvalue weighted by molar-refractivity contribution is -0.115. The Morgan fingerprint density at radius 3 is 3.15 bits per heavy atom. The van der Waals surface area contributed by atoms with Crippen molar-refractivity contribution in [3.63, 3.8) is 0 Å². The zero-order chi connectivity index (χ0) is 9.42. The molecule has 0 spiro atoms. The number of aromatic nitrogens is 1. The van der Waals surface area contributed by atoms with Crippen LogP contribution in [0.5, 0.6) is 0 Å². The van der Waals surface area contributed by atoms with Crippen LogP contribution in [0.2, 0.25) is 5.15 Å². The third-order valence-electron chi connectivity index (χ3n) is 2.11. The third-order valence-corrected chi connectivity index (χ3v) is 2.44. The summed E-state index contributed by atoms with van der Waals surface area (Å²) in [5.41, 5.74) is 2.54. The van der Waals surface area contributed by atoms with Crippen LogP contribution >= 0.6 is 11.6 Å². The molecule has 0 atom stereocenters. The van der Waals surface area contributed by atoms with Crippen LogP contribution in [-0.2, 0) is 17.6 Å². The standard InChI is InChI=1S/C9H9ClN2O/c1-2-5-3-6-7(12-9(5)10)4-8(13)11-6/h3H,2,4H2,1H3,(H,11,13). The molecular formula is C9H9ClN2O. The van der Waals surface area contributed by atoms with Crippen LogP contribution in [0, 0.1) is 0 Å². The lowest BCUT2D eigenvalue weighted by Gasteiger charge is -2.03. The number of nitrogens with zero attached hydrogens (tertiary/aromatic N) is 1. The highest BCUT2D eigenvalue weighted by Crippen LogP contribution is 2.26. The van der Waals surface area contributed by atoms with Gasteiger partial charge in [0.2, 0.25) is 5.91 Å². The quantitative estimate of drug-likeness (QED) is 0.696. The number of carbonyl (C=O) groups is 1. The Morgan fingerprint density at radius 1 is 1.69 bits per heavy atom. The Morgan fingerprint density at radius 2 is 2.46 bits per heavy atom. The molecule has 2 rings (SSSR count). The van der Waals surface area contributed by atoms with E-state index in [0.29, 0.717) is 11.6 Å². The van der Waals surface area contributed by atoms with Gasteiger partial charge in [0.05, 0.1) is 17.8 Å². The number of halogens is 1. The Bertz CT molecular complexity index is 376. The van der Waals surface area contributed by atoms with Gasteiger partial charge in [-0.15, -0.1) is 0 Å². The largest absolute Gasteiger partial charge is 0.324 e. The average molecular weight is 197 g/mol. The molecule has 0 radical (unpaired) electrons. The zero-order valence-electron chi connectivity index (χ0n) is 7.22. The van der Waals surface area contributed by atoms with Crippen molar-refractivity contribution >= 4 is 23.2 Å². The van der Waals surface area contributed by atoms with Crippen LogP contribution in [0.25, 0.3) is 0 Å². The number of carbonyl (C=O) groups excluding carboxylic acids is 1. The van der Waals surface area contributed by atoms with E-state index in [1.165, 1.54) is 0 Å². The molecule has 0 aromatic carbocycles.